The summed E-state index contributed by atoms with van der Waals surface area (Å²) in [5, 5.41) is 0. The van der Waals surface area contributed by atoms with E-state index in [1.165, 1.54) is 18.3 Å². The van der Waals surface area contributed by atoms with Gasteiger partial charge in [0.1, 0.15) is 5.82 Å². The van der Waals surface area contributed by atoms with Gasteiger partial charge in [-0.1, -0.05) is 15.9 Å². The normalized spacial score (nSPS) is 10.6. The van der Waals surface area contributed by atoms with Gasteiger partial charge in [-0.3, -0.25) is 0 Å². The second-order valence-corrected chi connectivity index (χ2v) is 3.90. The molecular weight excluding hydrogens is 263 g/mol. The molecule has 2 aromatic rings. The Morgan fingerprint density at radius 1 is 1.40 bits per heavy atom. The molecule has 1 aromatic heterocycles. The highest BCUT2D eigenvalue weighted by Crippen LogP contribution is 2.25. The van der Waals surface area contributed by atoms with Crippen LogP contribution in [0.4, 0.5) is 4.39 Å². The minimum atomic E-state index is -0.329. The van der Waals surface area contributed by atoms with E-state index in [1.807, 2.05) is 0 Å². The Hall–Kier alpha value is -1.20. The maximum Gasteiger partial charge on any atom is 0.208 e. The molecule has 3 nitrogen and oxygen atoms in total. The van der Waals surface area contributed by atoms with E-state index in [-0.39, 0.29) is 12.4 Å². The van der Waals surface area contributed by atoms with Crippen LogP contribution in [0.2, 0.25) is 0 Å². The molecule has 0 saturated carbocycles. The van der Waals surface area contributed by atoms with E-state index in [0.29, 0.717) is 21.7 Å². The molecule has 0 radical (unpaired) electrons. The molecule has 0 atom stereocenters. The highest BCUT2D eigenvalue weighted by molar-refractivity contribution is 9.10. The zero-order valence-corrected chi connectivity index (χ0v) is 9.29. The van der Waals surface area contributed by atoms with Crippen molar-refractivity contribution in [1.29, 1.82) is 0 Å². The highest BCUT2D eigenvalue weighted by atomic mass is 79.9. The van der Waals surface area contributed by atoms with Gasteiger partial charge in [0.05, 0.1) is 12.7 Å². The van der Waals surface area contributed by atoms with Crippen molar-refractivity contribution in [2.75, 3.05) is 0 Å². The number of oxazole rings is 1. The van der Waals surface area contributed by atoms with Gasteiger partial charge in [-0.2, -0.15) is 0 Å². The van der Waals surface area contributed by atoms with Crippen LogP contribution in [-0.4, -0.2) is 4.98 Å². The molecule has 78 valence electrons. The average molecular weight is 271 g/mol. The zero-order valence-electron chi connectivity index (χ0n) is 7.71. The third-order valence-electron chi connectivity index (χ3n) is 1.88. The summed E-state index contributed by atoms with van der Waals surface area (Å²) in [6, 6.07) is 4.51. The summed E-state index contributed by atoms with van der Waals surface area (Å²) < 4.78 is 19.0. The van der Waals surface area contributed by atoms with Crippen LogP contribution in [0.25, 0.3) is 11.3 Å². The molecule has 2 rings (SSSR count). The molecule has 1 aromatic carbocycles. The van der Waals surface area contributed by atoms with Gasteiger partial charge < -0.3 is 10.2 Å². The fourth-order valence-electron chi connectivity index (χ4n) is 1.23. The quantitative estimate of drug-likeness (QED) is 0.913. The molecule has 0 fully saturated rings. The van der Waals surface area contributed by atoms with Gasteiger partial charge in [-0.05, 0) is 18.2 Å². The average Bonchev–Trinajstić information content (AvgIpc) is 2.64. The van der Waals surface area contributed by atoms with Crippen molar-refractivity contribution < 1.29 is 8.81 Å². The van der Waals surface area contributed by atoms with Gasteiger partial charge in [0, 0.05) is 10.0 Å². The minimum Gasteiger partial charge on any atom is -0.439 e. The summed E-state index contributed by atoms with van der Waals surface area (Å²) in [6.45, 7) is 0.233. The molecule has 5 heteroatoms. The first-order chi connectivity index (χ1) is 7.19. The third-order valence-corrected chi connectivity index (χ3v) is 2.33. The van der Waals surface area contributed by atoms with Crippen LogP contribution >= 0.6 is 15.9 Å². The molecule has 0 spiro atoms. The van der Waals surface area contributed by atoms with Crippen molar-refractivity contribution >= 4 is 15.9 Å². The van der Waals surface area contributed by atoms with Crippen LogP contribution < -0.4 is 5.73 Å². The van der Waals surface area contributed by atoms with Crippen molar-refractivity contribution in [1.82, 2.24) is 4.98 Å². The Bertz CT molecular complexity index is 464. The SMILES string of the molecule is NCc1ncc(-c2cc(F)cc(Br)c2)o1. The summed E-state index contributed by atoms with van der Waals surface area (Å²) in [7, 11) is 0. The van der Waals surface area contributed by atoms with Gasteiger partial charge in [0.25, 0.3) is 0 Å². The van der Waals surface area contributed by atoms with E-state index in [1.54, 1.807) is 6.07 Å². The molecule has 1 heterocycles. The topological polar surface area (TPSA) is 52.0 Å². The monoisotopic (exact) mass is 270 g/mol. The standard InChI is InChI=1S/C10H8BrFN2O/c11-7-1-6(2-8(12)3-7)9-5-14-10(4-13)15-9/h1-3,5H,4,13H2. The van der Waals surface area contributed by atoms with Crippen molar-refractivity contribution in [3.05, 3.63) is 40.6 Å². The maximum absolute atomic E-state index is 13.1. The van der Waals surface area contributed by atoms with E-state index >= 15 is 0 Å². The summed E-state index contributed by atoms with van der Waals surface area (Å²) in [5.41, 5.74) is 5.99. The van der Waals surface area contributed by atoms with Crippen LogP contribution in [0.5, 0.6) is 0 Å². The summed E-state index contributed by atoms with van der Waals surface area (Å²) >= 11 is 3.21. The Morgan fingerprint density at radius 2 is 2.20 bits per heavy atom. The molecule has 0 aliphatic carbocycles. The first-order valence-corrected chi connectivity index (χ1v) is 5.09. The van der Waals surface area contributed by atoms with Gasteiger partial charge in [-0.15, -0.1) is 0 Å². The van der Waals surface area contributed by atoms with E-state index in [9.17, 15) is 4.39 Å². The largest absolute Gasteiger partial charge is 0.439 e. The predicted molar refractivity (Wildman–Crippen MR) is 57.5 cm³/mol. The number of rotatable bonds is 2. The lowest BCUT2D eigenvalue weighted by molar-refractivity contribution is 0.509. The molecule has 0 unspecified atom stereocenters. The van der Waals surface area contributed by atoms with Gasteiger partial charge in [-0.25, -0.2) is 9.37 Å². The van der Waals surface area contributed by atoms with Gasteiger partial charge in [0.2, 0.25) is 5.89 Å². The minimum absolute atomic E-state index is 0.233. The number of benzene rings is 1. The zero-order chi connectivity index (χ0) is 10.8. The number of hydrogen-bond donors (Lipinski definition) is 1. The Morgan fingerprint density at radius 3 is 2.80 bits per heavy atom. The lowest BCUT2D eigenvalue weighted by Crippen LogP contribution is -1.94. The molecule has 0 aliphatic rings. The molecule has 15 heavy (non-hydrogen) atoms. The Kier molecular flexibility index (Phi) is 2.83. The Labute approximate surface area is 94.2 Å². The highest BCUT2D eigenvalue weighted by Gasteiger charge is 2.07. The predicted octanol–water partition coefficient (Wildman–Crippen LogP) is 2.70. The fourth-order valence-corrected chi connectivity index (χ4v) is 1.70. The first-order valence-electron chi connectivity index (χ1n) is 4.30. The Balaban J connectivity index is 2.44. The lowest BCUT2D eigenvalue weighted by Gasteiger charge is -1.98. The molecule has 2 N–H and O–H groups in total. The van der Waals surface area contributed by atoms with Crippen LogP contribution in [0.1, 0.15) is 5.89 Å². The first kappa shape index (κ1) is 10.3. The maximum atomic E-state index is 13.1. The molecule has 0 aliphatic heterocycles. The van der Waals surface area contributed by atoms with Crippen molar-refractivity contribution in [3.63, 3.8) is 0 Å². The van der Waals surface area contributed by atoms with E-state index < -0.39 is 0 Å². The molecule has 0 amide bonds. The number of halogens is 2. The molecule has 0 bridgehead atoms. The van der Waals surface area contributed by atoms with E-state index in [4.69, 9.17) is 10.2 Å². The number of nitrogens with two attached hydrogens (primary N) is 1. The fraction of sp³-hybridized carbons (Fsp3) is 0.100. The summed E-state index contributed by atoms with van der Waals surface area (Å²) in [6.07, 6.45) is 1.53. The van der Waals surface area contributed by atoms with E-state index in [2.05, 4.69) is 20.9 Å². The number of hydrogen-bond acceptors (Lipinski definition) is 3. The molecule has 0 saturated heterocycles. The van der Waals surface area contributed by atoms with Crippen LogP contribution in [0.15, 0.2) is 33.3 Å². The van der Waals surface area contributed by atoms with Gasteiger partial charge >= 0.3 is 0 Å². The second-order valence-electron chi connectivity index (χ2n) is 2.98. The summed E-state index contributed by atoms with van der Waals surface area (Å²) in [4.78, 5) is 3.94. The van der Waals surface area contributed by atoms with Crippen molar-refractivity contribution in [2.45, 2.75) is 6.54 Å². The number of nitrogens with zero attached hydrogens (tertiary/aromatic N) is 1. The smallest absolute Gasteiger partial charge is 0.208 e. The van der Waals surface area contributed by atoms with Crippen LogP contribution in [-0.2, 0) is 6.54 Å². The van der Waals surface area contributed by atoms with Crippen molar-refractivity contribution in [2.24, 2.45) is 5.73 Å². The second kappa shape index (κ2) is 4.12. The van der Waals surface area contributed by atoms with Gasteiger partial charge in [0.15, 0.2) is 5.76 Å². The third kappa shape index (κ3) is 2.24. The van der Waals surface area contributed by atoms with Crippen LogP contribution in [0, 0.1) is 5.82 Å². The summed E-state index contributed by atoms with van der Waals surface area (Å²) in [5.74, 6) is 0.617. The number of aromatic nitrogens is 1. The van der Waals surface area contributed by atoms with Crippen molar-refractivity contribution in [3.8, 4) is 11.3 Å². The molecular formula is C10H8BrFN2O. The lowest BCUT2D eigenvalue weighted by atomic mass is 10.2. The van der Waals surface area contributed by atoms with E-state index in [0.717, 1.165) is 0 Å². The van der Waals surface area contributed by atoms with Crippen LogP contribution in [0.3, 0.4) is 0 Å².